The van der Waals surface area contributed by atoms with Gasteiger partial charge in [-0.2, -0.15) is 0 Å². The van der Waals surface area contributed by atoms with Crippen LogP contribution in [-0.4, -0.2) is 12.6 Å². The maximum Gasteiger partial charge on any atom is 0.124 e. The molecular formula is C14H16BrNO. The SMILES string of the molecule is Brc1ccc2c(c1)C(NC1CC=CC1)CCO2. The molecule has 0 amide bonds. The van der Waals surface area contributed by atoms with Crippen LogP contribution < -0.4 is 10.1 Å². The van der Waals surface area contributed by atoms with Crippen LogP contribution in [0.5, 0.6) is 5.75 Å². The lowest BCUT2D eigenvalue weighted by atomic mass is 9.99. The maximum absolute atomic E-state index is 5.70. The molecule has 1 aliphatic carbocycles. The minimum atomic E-state index is 0.432. The third kappa shape index (κ3) is 2.40. The van der Waals surface area contributed by atoms with Gasteiger partial charge in [0, 0.05) is 28.5 Å². The highest BCUT2D eigenvalue weighted by Crippen LogP contribution is 2.34. The molecule has 3 rings (SSSR count). The Labute approximate surface area is 110 Å². The molecule has 17 heavy (non-hydrogen) atoms. The summed E-state index contributed by atoms with van der Waals surface area (Å²) in [6.45, 7) is 0.812. The van der Waals surface area contributed by atoms with Crippen molar-refractivity contribution < 1.29 is 4.74 Å². The van der Waals surface area contributed by atoms with Gasteiger partial charge in [-0.3, -0.25) is 0 Å². The summed E-state index contributed by atoms with van der Waals surface area (Å²) < 4.78 is 6.82. The van der Waals surface area contributed by atoms with Crippen LogP contribution in [0.2, 0.25) is 0 Å². The predicted octanol–water partition coefficient (Wildman–Crippen LogP) is 3.58. The fourth-order valence-electron chi connectivity index (χ4n) is 2.58. The van der Waals surface area contributed by atoms with Crippen LogP contribution in [0.25, 0.3) is 0 Å². The van der Waals surface area contributed by atoms with E-state index in [-0.39, 0.29) is 0 Å². The number of halogens is 1. The second kappa shape index (κ2) is 4.83. The lowest BCUT2D eigenvalue weighted by Gasteiger charge is -2.29. The molecular weight excluding hydrogens is 278 g/mol. The van der Waals surface area contributed by atoms with Gasteiger partial charge in [-0.1, -0.05) is 28.1 Å². The van der Waals surface area contributed by atoms with E-state index >= 15 is 0 Å². The molecule has 0 bridgehead atoms. The Morgan fingerprint density at radius 2 is 2.06 bits per heavy atom. The highest BCUT2D eigenvalue weighted by molar-refractivity contribution is 9.10. The van der Waals surface area contributed by atoms with Gasteiger partial charge in [-0.25, -0.2) is 0 Å². The Morgan fingerprint density at radius 1 is 1.24 bits per heavy atom. The standard InChI is InChI=1S/C14H16BrNO/c15-10-5-6-14-12(9-10)13(7-8-17-14)16-11-3-1-2-4-11/h1-2,5-6,9,11,13,16H,3-4,7-8H2. The van der Waals surface area contributed by atoms with Gasteiger partial charge >= 0.3 is 0 Å². The van der Waals surface area contributed by atoms with Gasteiger partial charge in [0.25, 0.3) is 0 Å². The molecule has 2 aliphatic rings. The molecule has 1 atom stereocenters. The molecule has 0 aromatic heterocycles. The second-order valence-electron chi connectivity index (χ2n) is 4.68. The van der Waals surface area contributed by atoms with Crippen LogP contribution in [0.15, 0.2) is 34.8 Å². The summed E-state index contributed by atoms with van der Waals surface area (Å²) in [6.07, 6.45) is 7.89. The van der Waals surface area contributed by atoms with Crippen LogP contribution in [0.1, 0.15) is 30.9 Å². The molecule has 1 heterocycles. The molecule has 3 heteroatoms. The lowest BCUT2D eigenvalue weighted by Crippen LogP contribution is -2.34. The fourth-order valence-corrected chi connectivity index (χ4v) is 2.96. The van der Waals surface area contributed by atoms with Crippen molar-refractivity contribution >= 4 is 15.9 Å². The Hall–Kier alpha value is -0.800. The number of ether oxygens (including phenoxy) is 1. The van der Waals surface area contributed by atoms with Gasteiger partial charge in [0.05, 0.1) is 6.61 Å². The first kappa shape index (κ1) is 11.3. The lowest BCUT2D eigenvalue weighted by molar-refractivity contribution is 0.244. The molecule has 0 saturated carbocycles. The molecule has 90 valence electrons. The van der Waals surface area contributed by atoms with Crippen molar-refractivity contribution in [1.82, 2.24) is 5.32 Å². The predicted molar refractivity (Wildman–Crippen MR) is 72.3 cm³/mol. The first-order chi connectivity index (χ1) is 8.33. The van der Waals surface area contributed by atoms with E-state index in [2.05, 4.69) is 45.5 Å². The van der Waals surface area contributed by atoms with Crippen molar-refractivity contribution in [2.75, 3.05) is 6.61 Å². The van der Waals surface area contributed by atoms with E-state index < -0.39 is 0 Å². The monoisotopic (exact) mass is 293 g/mol. The molecule has 1 aliphatic heterocycles. The number of rotatable bonds is 2. The van der Waals surface area contributed by atoms with Crippen LogP contribution in [0.3, 0.4) is 0 Å². The van der Waals surface area contributed by atoms with E-state index in [0.29, 0.717) is 12.1 Å². The van der Waals surface area contributed by atoms with Crippen LogP contribution >= 0.6 is 15.9 Å². The molecule has 2 nitrogen and oxygen atoms in total. The number of nitrogens with one attached hydrogen (secondary N) is 1. The van der Waals surface area contributed by atoms with Crippen molar-refractivity contribution in [2.24, 2.45) is 0 Å². The van der Waals surface area contributed by atoms with Gasteiger partial charge in [-0.05, 0) is 31.0 Å². The summed E-state index contributed by atoms with van der Waals surface area (Å²) in [7, 11) is 0. The fraction of sp³-hybridized carbons (Fsp3) is 0.429. The molecule has 0 spiro atoms. The molecule has 0 saturated heterocycles. The molecule has 1 aromatic rings. The summed E-state index contributed by atoms with van der Waals surface area (Å²) in [5.74, 6) is 1.03. The first-order valence-electron chi connectivity index (χ1n) is 6.16. The molecule has 1 aromatic carbocycles. The van der Waals surface area contributed by atoms with E-state index in [1.54, 1.807) is 0 Å². The zero-order valence-electron chi connectivity index (χ0n) is 9.66. The Morgan fingerprint density at radius 3 is 2.88 bits per heavy atom. The largest absolute Gasteiger partial charge is 0.493 e. The van der Waals surface area contributed by atoms with Crippen LogP contribution in [0.4, 0.5) is 0 Å². The molecule has 1 unspecified atom stereocenters. The Kier molecular flexibility index (Phi) is 3.21. The highest BCUT2D eigenvalue weighted by Gasteiger charge is 2.24. The zero-order valence-corrected chi connectivity index (χ0v) is 11.2. The second-order valence-corrected chi connectivity index (χ2v) is 5.59. The number of hydrogen-bond donors (Lipinski definition) is 1. The maximum atomic E-state index is 5.70. The van der Waals surface area contributed by atoms with E-state index in [9.17, 15) is 0 Å². The minimum Gasteiger partial charge on any atom is -0.493 e. The third-order valence-corrected chi connectivity index (χ3v) is 3.95. The van der Waals surface area contributed by atoms with Crippen LogP contribution in [0, 0.1) is 0 Å². The van der Waals surface area contributed by atoms with Crippen molar-refractivity contribution in [3.63, 3.8) is 0 Å². The normalized spacial score (nSPS) is 23.5. The van der Waals surface area contributed by atoms with E-state index in [0.717, 1.165) is 36.1 Å². The first-order valence-corrected chi connectivity index (χ1v) is 6.95. The van der Waals surface area contributed by atoms with Gasteiger partial charge in [0.2, 0.25) is 0 Å². The number of benzene rings is 1. The van der Waals surface area contributed by atoms with E-state index in [1.807, 2.05) is 6.07 Å². The highest BCUT2D eigenvalue weighted by atomic mass is 79.9. The van der Waals surface area contributed by atoms with Crippen molar-refractivity contribution in [3.05, 3.63) is 40.4 Å². The number of fused-ring (bicyclic) bond motifs is 1. The summed E-state index contributed by atoms with van der Waals surface area (Å²) >= 11 is 3.53. The minimum absolute atomic E-state index is 0.432. The summed E-state index contributed by atoms with van der Waals surface area (Å²) in [6, 6.07) is 7.30. The smallest absolute Gasteiger partial charge is 0.124 e. The third-order valence-electron chi connectivity index (χ3n) is 3.46. The molecule has 1 N–H and O–H groups in total. The Bertz CT molecular complexity index is 436. The van der Waals surface area contributed by atoms with Crippen molar-refractivity contribution in [2.45, 2.75) is 31.3 Å². The van der Waals surface area contributed by atoms with Gasteiger partial charge in [0.15, 0.2) is 0 Å². The van der Waals surface area contributed by atoms with Crippen LogP contribution in [-0.2, 0) is 0 Å². The average Bonchev–Trinajstić information content (AvgIpc) is 2.83. The topological polar surface area (TPSA) is 21.3 Å². The van der Waals surface area contributed by atoms with Crippen molar-refractivity contribution in [3.8, 4) is 5.75 Å². The summed E-state index contributed by atoms with van der Waals surface area (Å²) in [5, 5.41) is 3.74. The Balaban J connectivity index is 1.80. The van der Waals surface area contributed by atoms with Gasteiger partial charge in [0.1, 0.15) is 5.75 Å². The quantitative estimate of drug-likeness (QED) is 0.842. The number of hydrogen-bond acceptors (Lipinski definition) is 2. The summed E-state index contributed by atoms with van der Waals surface area (Å²) in [5.41, 5.74) is 1.29. The molecule has 0 fully saturated rings. The van der Waals surface area contributed by atoms with Crippen molar-refractivity contribution in [1.29, 1.82) is 0 Å². The van der Waals surface area contributed by atoms with Gasteiger partial charge in [-0.15, -0.1) is 0 Å². The van der Waals surface area contributed by atoms with E-state index in [4.69, 9.17) is 4.74 Å². The van der Waals surface area contributed by atoms with E-state index in [1.165, 1.54) is 5.56 Å². The molecule has 0 radical (unpaired) electrons. The average molecular weight is 294 g/mol. The summed E-state index contributed by atoms with van der Waals surface area (Å²) in [4.78, 5) is 0. The van der Waals surface area contributed by atoms with Gasteiger partial charge < -0.3 is 10.1 Å². The zero-order chi connectivity index (χ0) is 11.7.